The highest BCUT2D eigenvalue weighted by molar-refractivity contribution is 6.29. The highest BCUT2D eigenvalue weighted by Gasteiger charge is 2.17. The summed E-state index contributed by atoms with van der Waals surface area (Å²) < 4.78 is 29.0. The molecular formula is C21H14ClF2N5O3. The van der Waals surface area contributed by atoms with Gasteiger partial charge in [0.25, 0.3) is 5.56 Å². The fourth-order valence-corrected chi connectivity index (χ4v) is 3.39. The predicted molar refractivity (Wildman–Crippen MR) is 113 cm³/mol. The van der Waals surface area contributed by atoms with Crippen LogP contribution in [0.2, 0.25) is 5.15 Å². The lowest BCUT2D eigenvalue weighted by atomic mass is 10.1. The Morgan fingerprint density at radius 3 is 2.69 bits per heavy atom. The number of aromatic nitrogens is 4. The molecule has 0 radical (unpaired) electrons. The number of aromatic carboxylic acids is 1. The lowest BCUT2D eigenvalue weighted by molar-refractivity contribution is 0.0691. The molecule has 4 aromatic rings. The second-order valence-corrected chi connectivity index (χ2v) is 7.24. The number of anilines is 1. The summed E-state index contributed by atoms with van der Waals surface area (Å²) in [6.45, 7) is 1.42. The van der Waals surface area contributed by atoms with Gasteiger partial charge in [0.15, 0.2) is 5.69 Å². The molecule has 32 heavy (non-hydrogen) atoms. The third-order valence-corrected chi connectivity index (χ3v) is 4.91. The van der Waals surface area contributed by atoms with Gasteiger partial charge >= 0.3 is 5.97 Å². The molecule has 0 aromatic carbocycles. The number of pyridine rings is 3. The van der Waals surface area contributed by atoms with Gasteiger partial charge in [-0.05, 0) is 31.2 Å². The third-order valence-electron chi connectivity index (χ3n) is 4.70. The lowest BCUT2D eigenvalue weighted by Gasteiger charge is -2.14. The molecule has 8 nitrogen and oxygen atoms in total. The Bertz CT molecular complexity index is 1440. The van der Waals surface area contributed by atoms with Crippen LogP contribution >= 0.6 is 11.6 Å². The van der Waals surface area contributed by atoms with Crippen LogP contribution in [0.5, 0.6) is 0 Å². The van der Waals surface area contributed by atoms with Crippen LogP contribution in [0.3, 0.4) is 0 Å². The van der Waals surface area contributed by atoms with Crippen LogP contribution in [0.1, 0.15) is 21.6 Å². The first-order valence-corrected chi connectivity index (χ1v) is 9.58. The van der Waals surface area contributed by atoms with Gasteiger partial charge in [-0.15, -0.1) is 0 Å². The Morgan fingerprint density at radius 1 is 1.19 bits per heavy atom. The first-order valence-electron chi connectivity index (χ1n) is 9.20. The van der Waals surface area contributed by atoms with Gasteiger partial charge in [0, 0.05) is 35.6 Å². The SMILES string of the molecule is Cc1c(-c2cncc(F)c2)nc2c(CNc3ccc(Cl)nc3C(=O)O)cc(F)cn2c1=O. The first-order chi connectivity index (χ1) is 15.2. The first kappa shape index (κ1) is 21.3. The van der Waals surface area contributed by atoms with Crippen molar-refractivity contribution in [3.05, 3.63) is 86.8 Å². The minimum atomic E-state index is -1.30. The van der Waals surface area contributed by atoms with Crippen LogP contribution in [-0.4, -0.2) is 30.4 Å². The van der Waals surface area contributed by atoms with Crippen molar-refractivity contribution >= 4 is 28.9 Å². The van der Waals surface area contributed by atoms with Crippen LogP contribution in [-0.2, 0) is 6.54 Å². The van der Waals surface area contributed by atoms with Gasteiger partial charge in [-0.25, -0.2) is 23.5 Å². The molecule has 0 unspecified atom stereocenters. The number of carbonyl (C=O) groups is 1. The number of rotatable bonds is 5. The Kier molecular flexibility index (Phi) is 5.54. The normalized spacial score (nSPS) is 11.0. The van der Waals surface area contributed by atoms with E-state index in [1.54, 1.807) is 0 Å². The summed E-state index contributed by atoms with van der Waals surface area (Å²) in [5.74, 6) is -2.59. The van der Waals surface area contributed by atoms with Gasteiger partial charge in [0.2, 0.25) is 0 Å². The van der Waals surface area contributed by atoms with E-state index in [-0.39, 0.29) is 45.5 Å². The van der Waals surface area contributed by atoms with Crippen LogP contribution in [0.4, 0.5) is 14.5 Å². The molecule has 0 saturated carbocycles. The summed E-state index contributed by atoms with van der Waals surface area (Å²) in [5, 5.41) is 12.2. The largest absolute Gasteiger partial charge is 0.476 e. The molecule has 4 rings (SSSR count). The highest BCUT2D eigenvalue weighted by atomic mass is 35.5. The molecule has 0 aliphatic carbocycles. The third kappa shape index (κ3) is 4.00. The minimum absolute atomic E-state index is 0.00111. The van der Waals surface area contributed by atoms with Crippen molar-refractivity contribution in [2.45, 2.75) is 13.5 Å². The number of fused-ring (bicyclic) bond motifs is 1. The maximum absolute atomic E-state index is 14.3. The molecule has 0 fully saturated rings. The number of halogens is 3. The number of hydrogen-bond acceptors (Lipinski definition) is 6. The van der Waals surface area contributed by atoms with E-state index in [1.165, 1.54) is 37.4 Å². The van der Waals surface area contributed by atoms with Gasteiger partial charge < -0.3 is 10.4 Å². The Morgan fingerprint density at radius 2 is 1.97 bits per heavy atom. The zero-order chi connectivity index (χ0) is 23.0. The number of nitrogens with zero attached hydrogens (tertiary/aromatic N) is 4. The molecule has 162 valence electrons. The van der Waals surface area contributed by atoms with E-state index in [2.05, 4.69) is 20.3 Å². The number of carboxylic acid groups (broad SMARTS) is 1. The second kappa shape index (κ2) is 8.31. The number of hydrogen-bond donors (Lipinski definition) is 2. The molecule has 0 aliphatic rings. The summed E-state index contributed by atoms with van der Waals surface area (Å²) in [7, 11) is 0. The standard InChI is InChI=1S/C21H14ClF2N5O3/c1-10-17(11-4-13(23)8-25-6-11)28-19-12(5-14(24)9-29(19)20(10)30)7-26-15-2-3-16(22)27-18(15)21(31)32/h2-6,8-9,26H,7H2,1H3,(H,31,32). The Labute approximate surface area is 184 Å². The van der Waals surface area contributed by atoms with E-state index >= 15 is 0 Å². The van der Waals surface area contributed by atoms with Crippen LogP contribution in [0.25, 0.3) is 16.9 Å². The topological polar surface area (TPSA) is 109 Å². The quantitative estimate of drug-likeness (QED) is 0.440. The van der Waals surface area contributed by atoms with Gasteiger partial charge in [0.1, 0.15) is 22.4 Å². The molecule has 2 N–H and O–H groups in total. The summed E-state index contributed by atoms with van der Waals surface area (Å²) in [6, 6.07) is 5.19. The molecule has 4 heterocycles. The van der Waals surface area contributed by atoms with E-state index in [0.29, 0.717) is 5.56 Å². The maximum Gasteiger partial charge on any atom is 0.356 e. The molecule has 0 atom stereocenters. The van der Waals surface area contributed by atoms with Gasteiger partial charge in [-0.1, -0.05) is 11.6 Å². The average molecular weight is 458 g/mol. The van der Waals surface area contributed by atoms with E-state index in [0.717, 1.165) is 16.8 Å². The zero-order valence-electron chi connectivity index (χ0n) is 16.4. The van der Waals surface area contributed by atoms with Crippen molar-refractivity contribution in [2.24, 2.45) is 0 Å². The molecule has 4 aromatic heterocycles. The van der Waals surface area contributed by atoms with Crippen LogP contribution < -0.4 is 10.9 Å². The second-order valence-electron chi connectivity index (χ2n) is 6.85. The van der Waals surface area contributed by atoms with Crippen molar-refractivity contribution in [1.82, 2.24) is 19.4 Å². The van der Waals surface area contributed by atoms with E-state index in [1.807, 2.05) is 0 Å². The van der Waals surface area contributed by atoms with Crippen molar-refractivity contribution in [1.29, 1.82) is 0 Å². The molecular weight excluding hydrogens is 444 g/mol. The molecule has 11 heteroatoms. The van der Waals surface area contributed by atoms with Gasteiger partial charge in [-0.3, -0.25) is 14.2 Å². The number of carboxylic acids is 1. The van der Waals surface area contributed by atoms with Crippen LogP contribution in [0, 0.1) is 18.6 Å². The zero-order valence-corrected chi connectivity index (χ0v) is 17.2. The van der Waals surface area contributed by atoms with Crippen molar-refractivity contribution in [2.75, 3.05) is 5.32 Å². The molecule has 0 aliphatic heterocycles. The monoisotopic (exact) mass is 457 g/mol. The Balaban J connectivity index is 1.84. The van der Waals surface area contributed by atoms with Crippen LogP contribution in [0.15, 0.2) is 47.7 Å². The predicted octanol–water partition coefficient (Wildman–Crippen LogP) is 3.70. The number of nitrogens with one attached hydrogen (secondary N) is 1. The van der Waals surface area contributed by atoms with E-state index < -0.39 is 23.2 Å². The Hall–Kier alpha value is -3.92. The smallest absolute Gasteiger partial charge is 0.356 e. The fourth-order valence-electron chi connectivity index (χ4n) is 3.24. The van der Waals surface area contributed by atoms with Crippen molar-refractivity contribution < 1.29 is 18.7 Å². The lowest BCUT2D eigenvalue weighted by Crippen LogP contribution is -2.21. The van der Waals surface area contributed by atoms with Crippen molar-refractivity contribution in [3.63, 3.8) is 0 Å². The summed E-state index contributed by atoms with van der Waals surface area (Å²) in [5.41, 5.74) is 0.365. The van der Waals surface area contributed by atoms with Crippen molar-refractivity contribution in [3.8, 4) is 11.3 Å². The minimum Gasteiger partial charge on any atom is -0.476 e. The summed E-state index contributed by atoms with van der Waals surface area (Å²) in [4.78, 5) is 36.4. The molecule has 0 bridgehead atoms. The van der Waals surface area contributed by atoms with E-state index in [9.17, 15) is 23.5 Å². The van der Waals surface area contributed by atoms with E-state index in [4.69, 9.17) is 11.6 Å². The molecule has 0 saturated heterocycles. The summed E-state index contributed by atoms with van der Waals surface area (Å²) in [6.07, 6.45) is 3.40. The van der Waals surface area contributed by atoms with Gasteiger partial charge in [-0.2, -0.15) is 0 Å². The highest BCUT2D eigenvalue weighted by Crippen LogP contribution is 2.23. The van der Waals surface area contributed by atoms with Gasteiger partial charge in [0.05, 0.1) is 17.6 Å². The average Bonchev–Trinajstić information content (AvgIpc) is 2.75. The fraction of sp³-hybridized carbons (Fsp3) is 0.0952. The summed E-state index contributed by atoms with van der Waals surface area (Å²) >= 11 is 5.76. The molecule has 0 amide bonds. The molecule has 0 spiro atoms. The maximum atomic E-state index is 14.3.